The van der Waals surface area contributed by atoms with Crippen molar-refractivity contribution in [1.29, 1.82) is 0 Å². The van der Waals surface area contributed by atoms with Crippen LogP contribution in [0.4, 0.5) is 5.69 Å². The van der Waals surface area contributed by atoms with E-state index < -0.39 is 11.4 Å². The molecule has 0 aliphatic carbocycles. The number of rotatable bonds is 5. The fourth-order valence-electron chi connectivity index (χ4n) is 3.12. The normalized spacial score (nSPS) is 19.9. The first-order valence-corrected chi connectivity index (χ1v) is 9.09. The molecule has 1 fully saturated rings. The van der Waals surface area contributed by atoms with Gasteiger partial charge in [-0.25, -0.2) is 0 Å². The van der Waals surface area contributed by atoms with Gasteiger partial charge in [-0.05, 0) is 30.5 Å². The van der Waals surface area contributed by atoms with Crippen LogP contribution >= 0.6 is 11.6 Å². The van der Waals surface area contributed by atoms with Crippen molar-refractivity contribution in [2.24, 2.45) is 17.3 Å². The summed E-state index contributed by atoms with van der Waals surface area (Å²) in [5.74, 6) is -1.64. The molecule has 6 nitrogen and oxygen atoms in total. The van der Waals surface area contributed by atoms with Gasteiger partial charge in [0.05, 0.1) is 16.0 Å². The summed E-state index contributed by atoms with van der Waals surface area (Å²) in [4.78, 5) is 38.1. The topological polar surface area (TPSA) is 86.7 Å². The fraction of sp³-hybridized carbons (Fsp3) is 0.526. The fourth-order valence-corrected chi connectivity index (χ4v) is 3.32. The number of amides is 2. The summed E-state index contributed by atoms with van der Waals surface area (Å²) in [6, 6.07) is 4.74. The third kappa shape index (κ3) is 3.85. The quantitative estimate of drug-likeness (QED) is 0.818. The lowest BCUT2D eigenvalue weighted by molar-refractivity contribution is -0.150. The highest BCUT2D eigenvalue weighted by Crippen LogP contribution is 2.39. The van der Waals surface area contributed by atoms with Crippen molar-refractivity contribution in [2.45, 2.75) is 34.1 Å². The van der Waals surface area contributed by atoms with Gasteiger partial charge in [-0.1, -0.05) is 39.3 Å². The molecular formula is C19H25ClN2O4. The predicted octanol–water partition coefficient (Wildman–Crippen LogP) is 3.51. The van der Waals surface area contributed by atoms with Crippen LogP contribution in [-0.2, 0) is 9.59 Å². The lowest BCUT2D eigenvalue weighted by Gasteiger charge is -2.28. The lowest BCUT2D eigenvalue weighted by atomic mass is 9.76. The average Bonchev–Trinajstić information content (AvgIpc) is 3.02. The Hall–Kier alpha value is -2.08. The zero-order valence-electron chi connectivity index (χ0n) is 15.5. The molecule has 0 bridgehead atoms. The summed E-state index contributed by atoms with van der Waals surface area (Å²) in [6.45, 7) is 7.78. The summed E-state index contributed by atoms with van der Waals surface area (Å²) < 4.78 is 0. The van der Waals surface area contributed by atoms with E-state index in [0.717, 1.165) is 0 Å². The minimum Gasteiger partial charge on any atom is -0.481 e. The van der Waals surface area contributed by atoms with Crippen LogP contribution in [0.2, 0.25) is 5.02 Å². The number of nitrogens with one attached hydrogen (secondary N) is 1. The van der Waals surface area contributed by atoms with Crippen molar-refractivity contribution in [3.63, 3.8) is 0 Å². The third-order valence-corrected chi connectivity index (χ3v) is 5.44. The minimum atomic E-state index is -0.939. The highest BCUT2D eigenvalue weighted by atomic mass is 35.5. The van der Waals surface area contributed by atoms with Crippen LogP contribution in [0.5, 0.6) is 0 Å². The Balaban J connectivity index is 2.25. The Labute approximate surface area is 158 Å². The van der Waals surface area contributed by atoms with E-state index in [9.17, 15) is 19.5 Å². The number of carboxylic acids is 1. The molecule has 2 amide bonds. The van der Waals surface area contributed by atoms with Crippen LogP contribution in [0.15, 0.2) is 18.2 Å². The van der Waals surface area contributed by atoms with Crippen molar-refractivity contribution in [3.8, 4) is 0 Å². The number of likely N-dealkylation sites (tertiary alicyclic amines) is 1. The second-order valence-electron chi connectivity index (χ2n) is 7.43. The van der Waals surface area contributed by atoms with E-state index >= 15 is 0 Å². The summed E-state index contributed by atoms with van der Waals surface area (Å²) >= 11 is 6.19. The number of anilines is 1. The van der Waals surface area contributed by atoms with Crippen LogP contribution in [0, 0.1) is 17.3 Å². The van der Waals surface area contributed by atoms with Gasteiger partial charge in [0.1, 0.15) is 0 Å². The van der Waals surface area contributed by atoms with Crippen molar-refractivity contribution in [1.82, 2.24) is 4.90 Å². The number of aliphatic carboxylic acids is 1. The van der Waals surface area contributed by atoms with Gasteiger partial charge in [0.2, 0.25) is 5.91 Å². The van der Waals surface area contributed by atoms with Crippen LogP contribution in [0.25, 0.3) is 0 Å². The van der Waals surface area contributed by atoms with E-state index in [4.69, 9.17) is 11.6 Å². The highest BCUT2D eigenvalue weighted by molar-refractivity contribution is 6.34. The maximum Gasteiger partial charge on any atom is 0.311 e. The number of carboxylic acid groups (broad SMARTS) is 1. The van der Waals surface area contributed by atoms with Crippen molar-refractivity contribution < 1.29 is 19.5 Å². The molecule has 0 radical (unpaired) electrons. The van der Waals surface area contributed by atoms with Gasteiger partial charge in [-0.2, -0.15) is 0 Å². The molecule has 2 rings (SSSR count). The highest BCUT2D eigenvalue weighted by Gasteiger charge is 2.48. The average molecular weight is 381 g/mol. The van der Waals surface area contributed by atoms with Gasteiger partial charge >= 0.3 is 5.97 Å². The molecule has 1 aromatic carbocycles. The zero-order valence-corrected chi connectivity index (χ0v) is 16.3. The Morgan fingerprint density at radius 1 is 1.23 bits per heavy atom. The third-order valence-electron chi connectivity index (χ3n) is 5.11. The van der Waals surface area contributed by atoms with Crippen molar-refractivity contribution in [2.75, 3.05) is 18.4 Å². The molecule has 1 atom stereocenters. The Kier molecular flexibility index (Phi) is 5.96. The van der Waals surface area contributed by atoms with Crippen LogP contribution in [0.3, 0.4) is 0 Å². The summed E-state index contributed by atoms with van der Waals surface area (Å²) in [7, 11) is 0. The van der Waals surface area contributed by atoms with E-state index in [0.29, 0.717) is 18.7 Å². The first-order chi connectivity index (χ1) is 12.1. The largest absolute Gasteiger partial charge is 0.481 e. The first-order valence-electron chi connectivity index (χ1n) is 8.71. The minimum absolute atomic E-state index is 0.0927. The predicted molar refractivity (Wildman–Crippen MR) is 100 cm³/mol. The first kappa shape index (κ1) is 20.2. The lowest BCUT2D eigenvalue weighted by Crippen LogP contribution is -2.40. The standard InChI is InChI=1S/C19H25ClN2O4/c1-11(2)16(23)21-13-5-6-15(20)14(9-13)17(24)22-8-7-19(10-22,12(3)4)18(25)26/h5-6,9,11-12H,7-8,10H2,1-4H3,(H,21,23)(H,25,26). The Bertz CT molecular complexity index is 732. The molecule has 0 spiro atoms. The zero-order chi connectivity index (χ0) is 19.6. The molecule has 1 unspecified atom stereocenters. The maximum atomic E-state index is 12.9. The van der Waals surface area contributed by atoms with Gasteiger partial charge in [-0.3, -0.25) is 14.4 Å². The molecule has 26 heavy (non-hydrogen) atoms. The number of benzene rings is 1. The van der Waals surface area contributed by atoms with Crippen molar-refractivity contribution in [3.05, 3.63) is 28.8 Å². The number of hydrogen-bond donors (Lipinski definition) is 2. The number of carbonyl (C=O) groups is 3. The monoisotopic (exact) mass is 380 g/mol. The van der Waals surface area contributed by atoms with Gasteiger partial charge in [0, 0.05) is 24.7 Å². The van der Waals surface area contributed by atoms with Gasteiger partial charge in [-0.15, -0.1) is 0 Å². The maximum absolute atomic E-state index is 12.9. The molecule has 1 aliphatic rings. The molecule has 2 N–H and O–H groups in total. The number of hydrogen-bond acceptors (Lipinski definition) is 3. The molecule has 1 heterocycles. The van der Waals surface area contributed by atoms with E-state index in [2.05, 4.69) is 5.32 Å². The van der Waals surface area contributed by atoms with Gasteiger partial charge in [0.15, 0.2) is 0 Å². The molecule has 1 aromatic rings. The smallest absolute Gasteiger partial charge is 0.311 e. The molecule has 142 valence electrons. The van der Waals surface area contributed by atoms with Gasteiger partial charge < -0.3 is 15.3 Å². The second-order valence-corrected chi connectivity index (χ2v) is 7.84. The van der Waals surface area contributed by atoms with Crippen LogP contribution < -0.4 is 5.32 Å². The SMILES string of the molecule is CC(C)C(=O)Nc1ccc(Cl)c(C(=O)N2CCC(C(=O)O)(C(C)C)C2)c1. The number of carbonyl (C=O) groups excluding carboxylic acids is 2. The Morgan fingerprint density at radius 2 is 1.88 bits per heavy atom. The van der Waals surface area contributed by atoms with E-state index in [1.807, 2.05) is 13.8 Å². The van der Waals surface area contributed by atoms with Gasteiger partial charge in [0.25, 0.3) is 5.91 Å². The molecule has 7 heteroatoms. The molecule has 0 saturated carbocycles. The molecule has 1 aliphatic heterocycles. The number of nitrogens with zero attached hydrogens (tertiary/aromatic N) is 1. The Morgan fingerprint density at radius 3 is 2.38 bits per heavy atom. The summed E-state index contributed by atoms with van der Waals surface area (Å²) in [5.41, 5.74) is -0.187. The van der Waals surface area contributed by atoms with E-state index in [1.54, 1.807) is 32.0 Å². The van der Waals surface area contributed by atoms with Crippen LogP contribution in [-0.4, -0.2) is 40.9 Å². The van der Waals surface area contributed by atoms with E-state index in [-0.39, 0.29) is 40.8 Å². The second kappa shape index (κ2) is 7.66. The summed E-state index contributed by atoms with van der Waals surface area (Å²) in [6.07, 6.45) is 0.410. The van der Waals surface area contributed by atoms with Crippen molar-refractivity contribution >= 4 is 35.1 Å². The summed E-state index contributed by atoms with van der Waals surface area (Å²) in [5, 5.41) is 12.7. The van der Waals surface area contributed by atoms with E-state index in [1.165, 1.54) is 4.90 Å². The molecule has 0 aromatic heterocycles. The van der Waals surface area contributed by atoms with Crippen LogP contribution in [0.1, 0.15) is 44.5 Å². The molecular weight excluding hydrogens is 356 g/mol. The molecule has 1 saturated heterocycles. The number of halogens is 1.